The molecule has 0 atom stereocenters. The third kappa shape index (κ3) is 1.76. The minimum absolute atomic E-state index is 0.154. The molecular weight excluding hydrogens is 226 g/mol. The van der Waals surface area contributed by atoms with Crippen LogP contribution in [-0.2, 0) is 10.2 Å². The molecule has 0 aliphatic heterocycles. The molecule has 1 aliphatic rings. The Hall–Kier alpha value is -1.90. The molecule has 0 amide bonds. The first-order valence-electron chi connectivity index (χ1n) is 6.19. The van der Waals surface area contributed by atoms with Gasteiger partial charge in [-0.05, 0) is 37.5 Å². The number of aryl methyl sites for hydroxylation is 1. The van der Waals surface area contributed by atoms with Crippen LogP contribution in [0.1, 0.15) is 30.5 Å². The van der Waals surface area contributed by atoms with E-state index in [-0.39, 0.29) is 11.8 Å². The van der Waals surface area contributed by atoms with E-state index in [2.05, 4.69) is 11.1 Å². The minimum Gasteiger partial charge on any atom is -0.481 e. The third-order valence-electron chi connectivity index (χ3n) is 3.76. The molecule has 1 aromatic carbocycles. The van der Waals surface area contributed by atoms with Crippen molar-refractivity contribution in [2.24, 2.45) is 0 Å². The van der Waals surface area contributed by atoms with Crippen molar-refractivity contribution in [2.45, 2.75) is 31.6 Å². The average molecular weight is 241 g/mol. The van der Waals surface area contributed by atoms with Crippen LogP contribution in [0.25, 0.3) is 10.9 Å². The van der Waals surface area contributed by atoms with Gasteiger partial charge in [0.1, 0.15) is 0 Å². The van der Waals surface area contributed by atoms with E-state index in [9.17, 15) is 4.79 Å². The molecule has 0 spiro atoms. The highest BCUT2D eigenvalue weighted by Crippen LogP contribution is 2.52. The second-order valence-electron chi connectivity index (χ2n) is 5.18. The molecule has 1 fully saturated rings. The molecule has 1 aliphatic carbocycles. The monoisotopic (exact) mass is 241 g/mol. The number of carboxylic acids is 1. The smallest absolute Gasteiger partial charge is 0.304 e. The lowest BCUT2D eigenvalue weighted by Crippen LogP contribution is -2.14. The van der Waals surface area contributed by atoms with Crippen molar-refractivity contribution in [1.82, 2.24) is 4.98 Å². The highest BCUT2D eigenvalue weighted by atomic mass is 16.4. The molecule has 0 unspecified atom stereocenters. The van der Waals surface area contributed by atoms with E-state index in [1.54, 1.807) is 0 Å². The number of hydrogen-bond acceptors (Lipinski definition) is 2. The van der Waals surface area contributed by atoms with E-state index in [4.69, 9.17) is 5.11 Å². The summed E-state index contributed by atoms with van der Waals surface area (Å²) in [6, 6.07) is 10.0. The lowest BCUT2D eigenvalue weighted by atomic mass is 9.89. The fourth-order valence-corrected chi connectivity index (χ4v) is 2.73. The second kappa shape index (κ2) is 3.80. The molecular formula is C15H15NO2. The predicted octanol–water partition coefficient (Wildman–Crippen LogP) is 3.05. The lowest BCUT2D eigenvalue weighted by Gasteiger charge is -2.16. The summed E-state index contributed by atoms with van der Waals surface area (Å²) >= 11 is 0. The number of aromatic nitrogens is 1. The van der Waals surface area contributed by atoms with Crippen LogP contribution in [-0.4, -0.2) is 16.1 Å². The maximum Gasteiger partial charge on any atom is 0.304 e. The molecule has 1 aromatic heterocycles. The van der Waals surface area contributed by atoms with Crippen LogP contribution in [0.3, 0.4) is 0 Å². The molecule has 0 bridgehead atoms. The third-order valence-corrected chi connectivity index (χ3v) is 3.76. The zero-order valence-electron chi connectivity index (χ0n) is 10.3. The molecule has 2 aromatic rings. The van der Waals surface area contributed by atoms with Crippen molar-refractivity contribution in [3.8, 4) is 0 Å². The Morgan fingerprint density at radius 3 is 2.78 bits per heavy atom. The zero-order chi connectivity index (χ0) is 12.8. The summed E-state index contributed by atoms with van der Waals surface area (Å²) in [6.07, 6.45) is 2.15. The summed E-state index contributed by atoms with van der Waals surface area (Å²) in [5.41, 5.74) is 2.93. The fraction of sp³-hybridized carbons (Fsp3) is 0.333. The van der Waals surface area contributed by atoms with Gasteiger partial charge in [-0.3, -0.25) is 9.78 Å². The van der Waals surface area contributed by atoms with Gasteiger partial charge in [0, 0.05) is 16.5 Å². The van der Waals surface area contributed by atoms with Crippen molar-refractivity contribution >= 4 is 16.9 Å². The Morgan fingerprint density at radius 2 is 2.11 bits per heavy atom. The molecule has 0 radical (unpaired) electrons. The van der Waals surface area contributed by atoms with Gasteiger partial charge in [0.05, 0.1) is 11.9 Å². The van der Waals surface area contributed by atoms with Gasteiger partial charge in [0.2, 0.25) is 0 Å². The van der Waals surface area contributed by atoms with Crippen LogP contribution in [0.15, 0.2) is 30.3 Å². The largest absolute Gasteiger partial charge is 0.481 e. The Kier molecular flexibility index (Phi) is 2.37. The number of carboxylic acid groups (broad SMARTS) is 1. The first-order valence-corrected chi connectivity index (χ1v) is 6.19. The molecule has 1 heterocycles. The van der Waals surface area contributed by atoms with Gasteiger partial charge in [-0.2, -0.15) is 0 Å². The highest BCUT2D eigenvalue weighted by Gasteiger charge is 2.47. The second-order valence-corrected chi connectivity index (χ2v) is 5.18. The van der Waals surface area contributed by atoms with Gasteiger partial charge in [-0.1, -0.05) is 18.2 Å². The van der Waals surface area contributed by atoms with Crippen molar-refractivity contribution in [2.75, 3.05) is 0 Å². The molecule has 3 heteroatoms. The first kappa shape index (κ1) is 11.2. The number of fused-ring (bicyclic) bond motifs is 1. The molecule has 3 nitrogen and oxygen atoms in total. The number of benzene rings is 1. The van der Waals surface area contributed by atoms with Crippen LogP contribution < -0.4 is 0 Å². The van der Waals surface area contributed by atoms with Crippen LogP contribution in [0.4, 0.5) is 0 Å². The van der Waals surface area contributed by atoms with Gasteiger partial charge >= 0.3 is 5.97 Å². The number of carbonyl (C=O) groups is 1. The van der Waals surface area contributed by atoms with E-state index in [1.165, 1.54) is 0 Å². The van der Waals surface area contributed by atoms with E-state index in [0.29, 0.717) is 0 Å². The number of nitrogens with zero attached hydrogens (tertiary/aromatic N) is 1. The van der Waals surface area contributed by atoms with Gasteiger partial charge < -0.3 is 5.11 Å². The van der Waals surface area contributed by atoms with Crippen LogP contribution in [0.2, 0.25) is 0 Å². The van der Waals surface area contributed by atoms with Gasteiger partial charge in [-0.25, -0.2) is 0 Å². The summed E-state index contributed by atoms with van der Waals surface area (Å²) in [5, 5.41) is 10.2. The summed E-state index contributed by atoms with van der Waals surface area (Å²) in [6.45, 7) is 1.97. The van der Waals surface area contributed by atoms with Gasteiger partial charge in [0.15, 0.2) is 0 Å². The Balaban J connectivity index is 2.19. The molecule has 1 N–H and O–H groups in total. The predicted molar refractivity (Wildman–Crippen MR) is 69.6 cm³/mol. The summed E-state index contributed by atoms with van der Waals surface area (Å²) in [7, 11) is 0. The van der Waals surface area contributed by atoms with Crippen LogP contribution >= 0.6 is 0 Å². The van der Waals surface area contributed by atoms with E-state index in [1.807, 2.05) is 31.2 Å². The Morgan fingerprint density at radius 1 is 1.39 bits per heavy atom. The molecule has 18 heavy (non-hydrogen) atoms. The number of aliphatic carboxylic acids is 1. The Bertz CT molecular complexity index is 629. The number of rotatable bonds is 3. The van der Waals surface area contributed by atoms with Gasteiger partial charge in [-0.15, -0.1) is 0 Å². The summed E-state index contributed by atoms with van der Waals surface area (Å²) in [4.78, 5) is 15.5. The normalized spacial score (nSPS) is 16.7. The van der Waals surface area contributed by atoms with Crippen LogP contribution in [0, 0.1) is 6.92 Å². The van der Waals surface area contributed by atoms with Crippen molar-refractivity contribution in [3.63, 3.8) is 0 Å². The van der Waals surface area contributed by atoms with Crippen molar-refractivity contribution < 1.29 is 9.90 Å². The lowest BCUT2D eigenvalue weighted by molar-refractivity contribution is -0.137. The standard InChI is InChI=1S/C15H15NO2/c1-10-8-12(15(6-7-15)9-14(17)18)11-4-2-3-5-13(11)16-10/h2-5,8H,6-7,9H2,1H3,(H,17,18). The van der Waals surface area contributed by atoms with E-state index in [0.717, 1.165) is 35.0 Å². The number of pyridine rings is 1. The van der Waals surface area contributed by atoms with Crippen LogP contribution in [0.5, 0.6) is 0 Å². The maximum atomic E-state index is 11.0. The quantitative estimate of drug-likeness (QED) is 0.898. The molecule has 1 saturated carbocycles. The number of para-hydroxylation sites is 1. The minimum atomic E-state index is -0.717. The topological polar surface area (TPSA) is 50.2 Å². The zero-order valence-corrected chi connectivity index (χ0v) is 10.3. The highest BCUT2D eigenvalue weighted by molar-refractivity contribution is 5.85. The first-order chi connectivity index (χ1) is 8.61. The SMILES string of the molecule is Cc1cc(C2(CC(=O)O)CC2)c2ccccc2n1. The van der Waals surface area contributed by atoms with Crippen molar-refractivity contribution in [1.29, 1.82) is 0 Å². The molecule has 0 saturated heterocycles. The maximum absolute atomic E-state index is 11.0. The number of hydrogen-bond donors (Lipinski definition) is 1. The van der Waals surface area contributed by atoms with Gasteiger partial charge in [0.25, 0.3) is 0 Å². The van der Waals surface area contributed by atoms with E-state index < -0.39 is 5.97 Å². The fourth-order valence-electron chi connectivity index (χ4n) is 2.73. The summed E-state index contributed by atoms with van der Waals surface area (Å²) in [5.74, 6) is -0.717. The van der Waals surface area contributed by atoms with Crippen molar-refractivity contribution in [3.05, 3.63) is 41.6 Å². The summed E-state index contributed by atoms with van der Waals surface area (Å²) < 4.78 is 0. The average Bonchev–Trinajstić information content (AvgIpc) is 3.08. The molecule has 3 rings (SSSR count). The Labute approximate surface area is 105 Å². The van der Waals surface area contributed by atoms with E-state index >= 15 is 0 Å². The molecule has 92 valence electrons.